The zero-order chi connectivity index (χ0) is 13.1. The Morgan fingerprint density at radius 2 is 1.61 bits per heavy atom. The molecule has 0 atom stereocenters. The fourth-order valence-corrected chi connectivity index (χ4v) is 2.03. The lowest BCUT2D eigenvalue weighted by Gasteiger charge is -2.12. The van der Waals surface area contributed by atoms with Crippen LogP contribution in [0.3, 0.4) is 0 Å². The van der Waals surface area contributed by atoms with E-state index in [-0.39, 0.29) is 0 Å². The summed E-state index contributed by atoms with van der Waals surface area (Å²) in [7, 11) is 1.72. The fourth-order valence-electron chi connectivity index (χ4n) is 2.03. The lowest BCUT2D eigenvalue weighted by Crippen LogP contribution is -1.97. The highest BCUT2D eigenvalue weighted by Crippen LogP contribution is 2.25. The van der Waals surface area contributed by atoms with Crippen LogP contribution in [-0.2, 0) is 6.42 Å². The molecular weight excluding hydrogens is 222 g/mol. The quantitative estimate of drug-likeness (QED) is 0.835. The first kappa shape index (κ1) is 12.5. The van der Waals surface area contributed by atoms with Crippen molar-refractivity contribution >= 4 is 5.69 Å². The Balaban J connectivity index is 2.33. The number of aryl methyl sites for hydroxylation is 2. The van der Waals surface area contributed by atoms with Gasteiger partial charge in [0.2, 0.25) is 0 Å². The minimum atomic E-state index is 0.797. The van der Waals surface area contributed by atoms with Crippen LogP contribution in [0, 0.1) is 13.8 Å². The first-order valence-corrected chi connectivity index (χ1v) is 6.08. The second kappa shape index (κ2) is 5.13. The number of hydrogen-bond donors (Lipinski definition) is 1. The molecule has 0 heterocycles. The van der Waals surface area contributed by atoms with Gasteiger partial charge in [0.05, 0.1) is 7.11 Å². The Hall–Kier alpha value is -1.96. The molecule has 2 aromatic rings. The third kappa shape index (κ3) is 2.65. The maximum atomic E-state index is 5.70. The normalized spacial score (nSPS) is 10.4. The molecule has 0 aliphatic heterocycles. The van der Waals surface area contributed by atoms with Gasteiger partial charge >= 0.3 is 0 Å². The molecule has 2 nitrogen and oxygen atoms in total. The van der Waals surface area contributed by atoms with Gasteiger partial charge in [0, 0.05) is 12.1 Å². The van der Waals surface area contributed by atoms with Crippen molar-refractivity contribution in [3.63, 3.8) is 0 Å². The van der Waals surface area contributed by atoms with Crippen molar-refractivity contribution < 1.29 is 4.74 Å². The highest BCUT2D eigenvalue weighted by atomic mass is 16.5. The Labute approximate surface area is 108 Å². The molecule has 0 aliphatic rings. The third-order valence-corrected chi connectivity index (χ3v) is 3.27. The molecule has 0 bridgehead atoms. The maximum absolute atomic E-state index is 5.70. The van der Waals surface area contributed by atoms with Crippen molar-refractivity contribution in [3.05, 3.63) is 58.7 Å². The number of ether oxygens (including phenoxy) is 1. The zero-order valence-corrected chi connectivity index (χ0v) is 11.2. The molecule has 94 valence electrons. The van der Waals surface area contributed by atoms with Crippen LogP contribution in [0.25, 0.3) is 0 Å². The molecule has 2 heteroatoms. The van der Waals surface area contributed by atoms with E-state index < -0.39 is 0 Å². The van der Waals surface area contributed by atoms with Crippen LogP contribution < -0.4 is 10.5 Å². The highest BCUT2D eigenvalue weighted by Gasteiger charge is 2.06. The van der Waals surface area contributed by atoms with Crippen LogP contribution in [0.4, 0.5) is 5.69 Å². The molecule has 2 aromatic carbocycles. The molecule has 2 rings (SSSR count). The van der Waals surface area contributed by atoms with Crippen molar-refractivity contribution in [2.24, 2.45) is 0 Å². The van der Waals surface area contributed by atoms with Gasteiger partial charge < -0.3 is 10.5 Å². The van der Waals surface area contributed by atoms with Gasteiger partial charge in [0.15, 0.2) is 0 Å². The summed E-state index contributed by atoms with van der Waals surface area (Å²) in [5.74, 6) is 0.954. The van der Waals surface area contributed by atoms with Gasteiger partial charge in [-0.1, -0.05) is 18.2 Å². The predicted octanol–water partition coefficient (Wildman–Crippen LogP) is 3.49. The summed E-state index contributed by atoms with van der Waals surface area (Å²) in [6, 6.07) is 12.3. The second-order valence-corrected chi connectivity index (χ2v) is 4.67. The molecule has 0 aliphatic carbocycles. The molecule has 0 spiro atoms. The molecule has 2 N–H and O–H groups in total. The van der Waals surface area contributed by atoms with Gasteiger partial charge in [0.1, 0.15) is 5.75 Å². The molecule has 0 saturated heterocycles. The van der Waals surface area contributed by atoms with Crippen LogP contribution in [-0.4, -0.2) is 7.11 Å². The number of hydrogen-bond acceptors (Lipinski definition) is 2. The minimum absolute atomic E-state index is 0.797. The van der Waals surface area contributed by atoms with Gasteiger partial charge in [-0.05, 0) is 54.3 Å². The van der Waals surface area contributed by atoms with E-state index in [1.807, 2.05) is 12.1 Å². The highest BCUT2D eigenvalue weighted by molar-refractivity contribution is 5.46. The van der Waals surface area contributed by atoms with Gasteiger partial charge in [-0.15, -0.1) is 0 Å². The average Bonchev–Trinajstić information content (AvgIpc) is 2.36. The number of nitrogen functional groups attached to an aromatic ring is 1. The van der Waals surface area contributed by atoms with Crippen molar-refractivity contribution in [2.75, 3.05) is 12.8 Å². The summed E-state index contributed by atoms with van der Waals surface area (Å²) in [5, 5.41) is 0. The summed E-state index contributed by atoms with van der Waals surface area (Å²) in [6.07, 6.45) is 0.866. The van der Waals surface area contributed by atoms with E-state index in [4.69, 9.17) is 10.5 Å². The van der Waals surface area contributed by atoms with E-state index in [1.165, 1.54) is 22.3 Å². The number of nitrogens with two attached hydrogens (primary N) is 1. The summed E-state index contributed by atoms with van der Waals surface area (Å²) in [6.45, 7) is 4.23. The predicted molar refractivity (Wildman–Crippen MR) is 76.1 cm³/mol. The van der Waals surface area contributed by atoms with Crippen molar-refractivity contribution in [2.45, 2.75) is 20.3 Å². The summed E-state index contributed by atoms with van der Waals surface area (Å²) >= 11 is 0. The SMILES string of the molecule is COc1cc(C)c(C)cc1Cc1ccc(N)cc1. The topological polar surface area (TPSA) is 35.2 Å². The van der Waals surface area contributed by atoms with Gasteiger partial charge in [-0.3, -0.25) is 0 Å². The van der Waals surface area contributed by atoms with E-state index in [1.54, 1.807) is 7.11 Å². The average molecular weight is 241 g/mol. The molecule has 0 aromatic heterocycles. The largest absolute Gasteiger partial charge is 0.496 e. The van der Waals surface area contributed by atoms with Crippen molar-refractivity contribution in [3.8, 4) is 5.75 Å². The Kier molecular flexibility index (Phi) is 3.56. The van der Waals surface area contributed by atoms with Gasteiger partial charge in [-0.2, -0.15) is 0 Å². The van der Waals surface area contributed by atoms with Crippen LogP contribution in [0.15, 0.2) is 36.4 Å². The van der Waals surface area contributed by atoms with E-state index >= 15 is 0 Å². The summed E-state index contributed by atoms with van der Waals surface area (Å²) in [4.78, 5) is 0. The van der Waals surface area contributed by atoms with Crippen LogP contribution in [0.5, 0.6) is 5.75 Å². The standard InChI is InChI=1S/C16H19NO/c1-11-8-14(16(18-3)9-12(11)2)10-13-4-6-15(17)7-5-13/h4-9H,10,17H2,1-3H3. The summed E-state index contributed by atoms with van der Waals surface area (Å²) < 4.78 is 5.45. The minimum Gasteiger partial charge on any atom is -0.496 e. The van der Waals surface area contributed by atoms with E-state index in [2.05, 4.69) is 38.1 Å². The third-order valence-electron chi connectivity index (χ3n) is 3.27. The Morgan fingerprint density at radius 1 is 1.00 bits per heavy atom. The first-order valence-electron chi connectivity index (χ1n) is 6.08. The van der Waals surface area contributed by atoms with Crippen molar-refractivity contribution in [1.82, 2.24) is 0 Å². The Morgan fingerprint density at radius 3 is 2.22 bits per heavy atom. The molecule has 0 unspecified atom stereocenters. The van der Waals surface area contributed by atoms with Crippen molar-refractivity contribution in [1.29, 1.82) is 0 Å². The number of benzene rings is 2. The number of anilines is 1. The first-order chi connectivity index (χ1) is 8.60. The molecule has 0 radical (unpaired) electrons. The lowest BCUT2D eigenvalue weighted by atomic mass is 9.99. The van der Waals surface area contributed by atoms with Gasteiger partial charge in [0.25, 0.3) is 0 Å². The van der Waals surface area contributed by atoms with E-state index in [0.29, 0.717) is 0 Å². The van der Waals surface area contributed by atoms with Crippen LogP contribution >= 0.6 is 0 Å². The fraction of sp³-hybridized carbons (Fsp3) is 0.250. The van der Waals surface area contributed by atoms with E-state index in [9.17, 15) is 0 Å². The second-order valence-electron chi connectivity index (χ2n) is 4.67. The molecular formula is C16H19NO. The molecule has 0 amide bonds. The Bertz CT molecular complexity index is 544. The molecule has 0 fully saturated rings. The summed E-state index contributed by atoms with van der Waals surface area (Å²) in [5.41, 5.74) is 11.5. The van der Waals surface area contributed by atoms with Crippen LogP contribution in [0.1, 0.15) is 22.3 Å². The lowest BCUT2D eigenvalue weighted by molar-refractivity contribution is 0.410. The van der Waals surface area contributed by atoms with Gasteiger partial charge in [-0.25, -0.2) is 0 Å². The maximum Gasteiger partial charge on any atom is 0.122 e. The molecule has 0 saturated carbocycles. The monoisotopic (exact) mass is 241 g/mol. The number of rotatable bonds is 3. The molecule has 18 heavy (non-hydrogen) atoms. The number of methoxy groups -OCH3 is 1. The van der Waals surface area contributed by atoms with Crippen LogP contribution in [0.2, 0.25) is 0 Å². The smallest absolute Gasteiger partial charge is 0.122 e. The zero-order valence-electron chi connectivity index (χ0n) is 11.2. The van der Waals surface area contributed by atoms with E-state index in [0.717, 1.165) is 17.9 Å².